The van der Waals surface area contributed by atoms with Crippen LogP contribution in [0, 0.1) is 12.7 Å². The Labute approximate surface area is 92.5 Å². The average molecular weight is 221 g/mol. The molecule has 0 aliphatic rings. The summed E-state index contributed by atoms with van der Waals surface area (Å²) in [6.07, 6.45) is 0. The summed E-state index contributed by atoms with van der Waals surface area (Å²) in [6.45, 7) is 2.30. The zero-order chi connectivity index (χ0) is 11.5. The zero-order valence-electron chi connectivity index (χ0n) is 9.12. The number of nitrogens with one attached hydrogen (secondary N) is 1. The summed E-state index contributed by atoms with van der Waals surface area (Å²) in [6, 6.07) is 4.89. The van der Waals surface area contributed by atoms with Gasteiger partial charge < -0.3 is 9.73 Å². The van der Waals surface area contributed by atoms with Gasteiger partial charge in [-0.25, -0.2) is 4.39 Å². The number of hydrogen-bond acceptors (Lipinski definition) is 4. The largest absolute Gasteiger partial charge is 0.419 e. The van der Waals surface area contributed by atoms with E-state index in [-0.39, 0.29) is 11.7 Å². The van der Waals surface area contributed by atoms with E-state index in [2.05, 4.69) is 15.5 Å². The van der Waals surface area contributed by atoms with Gasteiger partial charge in [0.15, 0.2) is 0 Å². The van der Waals surface area contributed by atoms with Crippen molar-refractivity contribution in [3.63, 3.8) is 0 Å². The van der Waals surface area contributed by atoms with E-state index in [1.54, 1.807) is 19.2 Å². The molecular weight excluding hydrogens is 209 g/mol. The van der Waals surface area contributed by atoms with Crippen LogP contribution >= 0.6 is 0 Å². The van der Waals surface area contributed by atoms with E-state index in [0.29, 0.717) is 18.0 Å². The van der Waals surface area contributed by atoms with E-state index in [9.17, 15) is 4.39 Å². The van der Waals surface area contributed by atoms with Crippen LogP contribution in [-0.2, 0) is 6.54 Å². The number of aryl methyl sites for hydroxylation is 1. The molecule has 2 aromatic rings. The molecule has 0 spiro atoms. The van der Waals surface area contributed by atoms with Crippen molar-refractivity contribution in [1.29, 1.82) is 0 Å². The van der Waals surface area contributed by atoms with Crippen LogP contribution in [0.15, 0.2) is 22.6 Å². The molecule has 1 N–H and O–H groups in total. The van der Waals surface area contributed by atoms with Gasteiger partial charge in [0.2, 0.25) is 5.89 Å². The first-order valence-corrected chi connectivity index (χ1v) is 4.94. The summed E-state index contributed by atoms with van der Waals surface area (Å²) >= 11 is 0. The fraction of sp³-hybridized carbons (Fsp3) is 0.273. The zero-order valence-corrected chi connectivity index (χ0v) is 9.12. The minimum atomic E-state index is -0.348. The predicted molar refractivity (Wildman–Crippen MR) is 57.2 cm³/mol. The monoisotopic (exact) mass is 221 g/mol. The third kappa shape index (κ3) is 2.09. The maximum atomic E-state index is 13.6. The predicted octanol–water partition coefficient (Wildman–Crippen LogP) is 1.90. The molecule has 0 radical (unpaired) electrons. The number of nitrogens with zero attached hydrogens (tertiary/aromatic N) is 2. The molecule has 0 amide bonds. The first-order chi connectivity index (χ1) is 7.70. The van der Waals surface area contributed by atoms with Crippen molar-refractivity contribution in [2.45, 2.75) is 13.5 Å². The highest BCUT2D eigenvalue weighted by Gasteiger charge is 2.12. The molecule has 5 heteroatoms. The lowest BCUT2D eigenvalue weighted by Crippen LogP contribution is -2.04. The number of halogens is 1. The number of benzene rings is 1. The van der Waals surface area contributed by atoms with E-state index >= 15 is 0 Å². The highest BCUT2D eigenvalue weighted by molar-refractivity contribution is 5.54. The Bertz CT molecular complexity index is 496. The van der Waals surface area contributed by atoms with Crippen molar-refractivity contribution >= 4 is 0 Å². The Hall–Kier alpha value is -1.75. The second kappa shape index (κ2) is 4.40. The molecule has 0 unspecified atom stereocenters. The molecule has 0 fully saturated rings. The smallest absolute Gasteiger partial charge is 0.250 e. The van der Waals surface area contributed by atoms with Crippen molar-refractivity contribution in [3.8, 4) is 11.5 Å². The van der Waals surface area contributed by atoms with E-state index in [0.717, 1.165) is 5.56 Å². The Kier molecular flexibility index (Phi) is 2.96. The number of hydrogen-bond donors (Lipinski definition) is 1. The lowest BCUT2D eigenvalue weighted by atomic mass is 10.1. The summed E-state index contributed by atoms with van der Waals surface area (Å²) in [5, 5.41) is 10.5. The second-order valence-corrected chi connectivity index (χ2v) is 3.51. The van der Waals surface area contributed by atoms with Gasteiger partial charge in [0.05, 0.1) is 12.1 Å². The quantitative estimate of drug-likeness (QED) is 0.860. The molecule has 1 aromatic carbocycles. The fourth-order valence-electron chi connectivity index (χ4n) is 1.38. The van der Waals surface area contributed by atoms with Crippen LogP contribution in [0.3, 0.4) is 0 Å². The van der Waals surface area contributed by atoms with Crippen LogP contribution in [0.4, 0.5) is 4.39 Å². The van der Waals surface area contributed by atoms with Gasteiger partial charge in [0.25, 0.3) is 5.89 Å². The van der Waals surface area contributed by atoms with Crippen LogP contribution in [0.2, 0.25) is 0 Å². The summed E-state index contributed by atoms with van der Waals surface area (Å²) in [5.41, 5.74) is 1.19. The van der Waals surface area contributed by atoms with Crippen LogP contribution < -0.4 is 5.32 Å². The molecule has 1 heterocycles. The SMILES string of the molecule is CNCc1nnc(-c2ccc(C)cc2F)o1. The third-order valence-electron chi connectivity index (χ3n) is 2.15. The highest BCUT2D eigenvalue weighted by atomic mass is 19.1. The van der Waals surface area contributed by atoms with Crippen molar-refractivity contribution in [2.75, 3.05) is 7.05 Å². The summed E-state index contributed by atoms with van der Waals surface area (Å²) in [4.78, 5) is 0. The Morgan fingerprint density at radius 1 is 1.38 bits per heavy atom. The molecule has 84 valence electrons. The van der Waals surface area contributed by atoms with Gasteiger partial charge in [-0.1, -0.05) is 6.07 Å². The number of rotatable bonds is 3. The fourth-order valence-corrected chi connectivity index (χ4v) is 1.38. The van der Waals surface area contributed by atoms with E-state index in [1.165, 1.54) is 6.07 Å². The maximum absolute atomic E-state index is 13.6. The first kappa shape index (κ1) is 10.8. The van der Waals surface area contributed by atoms with Gasteiger partial charge in [-0.05, 0) is 31.7 Å². The molecule has 0 atom stereocenters. The molecule has 1 aromatic heterocycles. The van der Waals surface area contributed by atoms with Gasteiger partial charge in [-0.2, -0.15) is 0 Å². The van der Waals surface area contributed by atoms with Gasteiger partial charge in [0, 0.05) is 0 Å². The van der Waals surface area contributed by atoms with Crippen LogP contribution in [0.25, 0.3) is 11.5 Å². The van der Waals surface area contributed by atoms with Crippen molar-refractivity contribution in [2.24, 2.45) is 0 Å². The second-order valence-electron chi connectivity index (χ2n) is 3.51. The molecule has 0 aliphatic carbocycles. The number of aromatic nitrogens is 2. The molecule has 0 saturated carbocycles. The molecule has 0 aliphatic heterocycles. The molecule has 16 heavy (non-hydrogen) atoms. The van der Waals surface area contributed by atoms with Gasteiger partial charge in [-0.15, -0.1) is 10.2 Å². The molecule has 4 nitrogen and oxygen atoms in total. The topological polar surface area (TPSA) is 51.0 Å². The van der Waals surface area contributed by atoms with Crippen LogP contribution in [-0.4, -0.2) is 17.2 Å². The molecule has 0 saturated heterocycles. The summed E-state index contributed by atoms with van der Waals surface area (Å²) < 4.78 is 18.9. The van der Waals surface area contributed by atoms with E-state index < -0.39 is 0 Å². The lowest BCUT2D eigenvalue weighted by molar-refractivity contribution is 0.487. The molecule has 2 rings (SSSR count). The van der Waals surface area contributed by atoms with Crippen molar-refractivity contribution in [1.82, 2.24) is 15.5 Å². The Morgan fingerprint density at radius 3 is 2.88 bits per heavy atom. The minimum Gasteiger partial charge on any atom is -0.419 e. The normalized spacial score (nSPS) is 10.7. The van der Waals surface area contributed by atoms with E-state index in [4.69, 9.17) is 4.42 Å². The lowest BCUT2D eigenvalue weighted by Gasteiger charge is -1.98. The Morgan fingerprint density at radius 2 is 2.19 bits per heavy atom. The van der Waals surface area contributed by atoms with Crippen molar-refractivity contribution < 1.29 is 8.81 Å². The van der Waals surface area contributed by atoms with Crippen LogP contribution in [0.1, 0.15) is 11.5 Å². The third-order valence-corrected chi connectivity index (χ3v) is 2.15. The molecular formula is C11H12FN3O. The van der Waals surface area contributed by atoms with Gasteiger partial charge >= 0.3 is 0 Å². The average Bonchev–Trinajstić information content (AvgIpc) is 2.67. The van der Waals surface area contributed by atoms with E-state index in [1.807, 2.05) is 6.92 Å². The summed E-state index contributed by atoms with van der Waals surface area (Å²) in [5.74, 6) is 0.305. The van der Waals surface area contributed by atoms with Gasteiger partial charge in [0.1, 0.15) is 5.82 Å². The minimum absolute atomic E-state index is 0.211. The van der Waals surface area contributed by atoms with Crippen molar-refractivity contribution in [3.05, 3.63) is 35.5 Å². The maximum Gasteiger partial charge on any atom is 0.250 e. The first-order valence-electron chi connectivity index (χ1n) is 4.94. The standard InChI is InChI=1S/C11H12FN3O/c1-7-3-4-8(9(12)5-7)11-15-14-10(16-11)6-13-2/h3-5,13H,6H2,1-2H3. The Balaban J connectivity index is 2.35. The summed E-state index contributed by atoms with van der Waals surface area (Å²) in [7, 11) is 1.77. The highest BCUT2D eigenvalue weighted by Crippen LogP contribution is 2.22. The van der Waals surface area contributed by atoms with Crippen LogP contribution in [0.5, 0.6) is 0 Å². The van der Waals surface area contributed by atoms with Gasteiger partial charge in [-0.3, -0.25) is 0 Å². The molecule has 0 bridgehead atoms.